The zero-order valence-corrected chi connectivity index (χ0v) is 18.7. The van der Waals surface area contributed by atoms with E-state index in [-0.39, 0.29) is 54.8 Å². The average Bonchev–Trinajstić information content (AvgIpc) is 3.19. The molecule has 0 saturated heterocycles. The van der Waals surface area contributed by atoms with Gasteiger partial charge in [0.25, 0.3) is 11.9 Å². The number of para-hydroxylation sites is 2. The van der Waals surface area contributed by atoms with Crippen LogP contribution in [0.2, 0.25) is 0 Å². The molecule has 3 aromatic rings. The maximum atomic E-state index is 12.7. The number of fused-ring (bicyclic) bond motifs is 1. The largest absolute Gasteiger partial charge is 0.527 e. The molecule has 0 bridgehead atoms. The van der Waals surface area contributed by atoms with E-state index < -0.39 is 13.7 Å². The van der Waals surface area contributed by atoms with Crippen LogP contribution in [0.4, 0.5) is 0 Å². The standard InChI is InChI=1S/C20H23N4O8P/c1-12(2)18(25)21-9-10-22-19(26)17-20(24-15-6-4-3-5-14(15)23-17)30-11-13-7-8-16(31-13)32-33(27,28)29/h3-8,12H,9-11H2,1-2H3,(H,21,25)(H,22,26)(H2,27,28,29). The Morgan fingerprint density at radius 2 is 1.73 bits per heavy atom. The normalized spacial score (nSPS) is 11.4. The summed E-state index contributed by atoms with van der Waals surface area (Å²) in [5.74, 6) is -1.11. The van der Waals surface area contributed by atoms with E-state index in [2.05, 4.69) is 25.1 Å². The Bertz CT molecular complexity index is 1190. The second-order valence-corrected chi connectivity index (χ2v) is 8.32. The Labute approximate surface area is 188 Å². The van der Waals surface area contributed by atoms with E-state index in [0.29, 0.717) is 11.0 Å². The van der Waals surface area contributed by atoms with Crippen LogP contribution >= 0.6 is 7.82 Å². The molecule has 0 unspecified atom stereocenters. The highest BCUT2D eigenvalue weighted by molar-refractivity contribution is 7.46. The lowest BCUT2D eigenvalue weighted by molar-refractivity contribution is -0.123. The number of hydrogen-bond acceptors (Lipinski definition) is 8. The fourth-order valence-electron chi connectivity index (χ4n) is 2.62. The summed E-state index contributed by atoms with van der Waals surface area (Å²) in [4.78, 5) is 50.7. The third-order valence-electron chi connectivity index (χ3n) is 4.18. The van der Waals surface area contributed by atoms with Crippen LogP contribution < -0.4 is 19.9 Å². The predicted octanol–water partition coefficient (Wildman–Crippen LogP) is 1.78. The molecule has 3 rings (SSSR count). The Kier molecular flexibility index (Phi) is 7.64. The smallest absolute Gasteiger partial charge is 0.468 e. The highest BCUT2D eigenvalue weighted by Gasteiger charge is 2.21. The number of hydrogen-bond donors (Lipinski definition) is 4. The second kappa shape index (κ2) is 10.4. The molecule has 2 aromatic heterocycles. The maximum Gasteiger partial charge on any atom is 0.527 e. The van der Waals surface area contributed by atoms with Crippen molar-refractivity contribution in [1.29, 1.82) is 0 Å². The molecule has 0 saturated carbocycles. The minimum absolute atomic E-state index is 0.0636. The van der Waals surface area contributed by atoms with Crippen LogP contribution in [0.1, 0.15) is 30.1 Å². The molecule has 12 nitrogen and oxygen atoms in total. The minimum Gasteiger partial charge on any atom is -0.468 e. The van der Waals surface area contributed by atoms with Crippen molar-refractivity contribution in [2.45, 2.75) is 20.5 Å². The van der Waals surface area contributed by atoms with Crippen LogP contribution in [-0.4, -0.2) is 44.7 Å². The zero-order chi connectivity index (χ0) is 24.0. The van der Waals surface area contributed by atoms with Gasteiger partial charge < -0.3 is 24.3 Å². The molecule has 0 atom stereocenters. The van der Waals surface area contributed by atoms with Crippen molar-refractivity contribution >= 4 is 30.7 Å². The molecule has 0 aliphatic carbocycles. The van der Waals surface area contributed by atoms with E-state index in [1.807, 2.05) is 0 Å². The van der Waals surface area contributed by atoms with Gasteiger partial charge in [-0.25, -0.2) is 14.5 Å². The topological polar surface area (TPSA) is 173 Å². The predicted molar refractivity (Wildman–Crippen MR) is 115 cm³/mol. The van der Waals surface area contributed by atoms with Gasteiger partial charge in [-0.05, 0) is 18.2 Å². The van der Waals surface area contributed by atoms with Gasteiger partial charge in [-0.15, -0.1) is 0 Å². The summed E-state index contributed by atoms with van der Waals surface area (Å²) >= 11 is 0. The number of phosphoric acid groups is 1. The summed E-state index contributed by atoms with van der Waals surface area (Å²) in [5.41, 5.74) is 0.916. The molecule has 33 heavy (non-hydrogen) atoms. The van der Waals surface area contributed by atoms with E-state index in [9.17, 15) is 14.2 Å². The molecule has 4 N–H and O–H groups in total. The van der Waals surface area contributed by atoms with Gasteiger partial charge in [0.05, 0.1) is 11.0 Å². The summed E-state index contributed by atoms with van der Waals surface area (Å²) in [6.07, 6.45) is 0. The van der Waals surface area contributed by atoms with E-state index >= 15 is 0 Å². The van der Waals surface area contributed by atoms with Gasteiger partial charge in [-0.3, -0.25) is 19.4 Å². The van der Waals surface area contributed by atoms with Crippen LogP contribution in [0.15, 0.2) is 40.8 Å². The number of phosphoric ester groups is 1. The van der Waals surface area contributed by atoms with E-state index in [4.69, 9.17) is 18.9 Å². The second-order valence-electron chi connectivity index (χ2n) is 7.16. The van der Waals surface area contributed by atoms with Crippen LogP contribution in [0, 0.1) is 5.92 Å². The molecule has 0 spiro atoms. The number of ether oxygens (including phenoxy) is 1. The van der Waals surface area contributed by atoms with Crippen molar-refractivity contribution in [3.05, 3.63) is 47.9 Å². The number of aromatic nitrogens is 2. The van der Waals surface area contributed by atoms with E-state index in [1.54, 1.807) is 38.1 Å². The first-order chi connectivity index (χ1) is 15.6. The molecule has 0 aliphatic heterocycles. The van der Waals surface area contributed by atoms with Gasteiger partial charge in [0.15, 0.2) is 5.69 Å². The summed E-state index contributed by atoms with van der Waals surface area (Å²) < 4.78 is 26.1. The summed E-state index contributed by atoms with van der Waals surface area (Å²) in [5, 5.41) is 5.36. The van der Waals surface area contributed by atoms with Crippen LogP contribution in [0.25, 0.3) is 11.0 Å². The first-order valence-corrected chi connectivity index (χ1v) is 11.4. The van der Waals surface area contributed by atoms with Crippen molar-refractivity contribution in [2.75, 3.05) is 13.1 Å². The molecule has 176 valence electrons. The van der Waals surface area contributed by atoms with Gasteiger partial charge >= 0.3 is 7.82 Å². The number of carbonyl (C=O) groups excluding carboxylic acids is 2. The molecule has 1 aromatic carbocycles. The van der Waals surface area contributed by atoms with Crippen molar-refractivity contribution in [3.8, 4) is 11.8 Å². The van der Waals surface area contributed by atoms with Crippen molar-refractivity contribution in [2.24, 2.45) is 5.92 Å². The van der Waals surface area contributed by atoms with Gasteiger partial charge in [-0.1, -0.05) is 26.0 Å². The quantitative estimate of drug-likeness (QED) is 0.248. The number of nitrogens with one attached hydrogen (secondary N) is 2. The average molecular weight is 478 g/mol. The van der Waals surface area contributed by atoms with Gasteiger partial charge in [0.1, 0.15) is 12.4 Å². The fourth-order valence-corrected chi connectivity index (χ4v) is 2.96. The highest BCUT2D eigenvalue weighted by atomic mass is 31.2. The number of benzene rings is 1. The Morgan fingerprint density at radius 1 is 1.06 bits per heavy atom. The van der Waals surface area contributed by atoms with Crippen LogP contribution in [0.3, 0.4) is 0 Å². The van der Waals surface area contributed by atoms with Crippen LogP contribution in [0.5, 0.6) is 11.8 Å². The number of furan rings is 1. The number of carbonyl (C=O) groups is 2. The zero-order valence-electron chi connectivity index (χ0n) is 17.8. The lowest BCUT2D eigenvalue weighted by atomic mass is 10.2. The van der Waals surface area contributed by atoms with Crippen LogP contribution in [-0.2, 0) is 16.0 Å². The van der Waals surface area contributed by atoms with Gasteiger partial charge in [0, 0.05) is 25.1 Å². The molecule has 2 heterocycles. The van der Waals surface area contributed by atoms with Crippen molar-refractivity contribution in [3.63, 3.8) is 0 Å². The first-order valence-electron chi connectivity index (χ1n) is 9.92. The summed E-state index contributed by atoms with van der Waals surface area (Å²) in [7, 11) is -4.76. The van der Waals surface area contributed by atoms with Crippen molar-refractivity contribution < 1.29 is 37.6 Å². The minimum atomic E-state index is -4.76. The fraction of sp³-hybridized carbons (Fsp3) is 0.300. The molecule has 2 amide bonds. The van der Waals surface area contributed by atoms with E-state index in [0.717, 1.165) is 0 Å². The number of nitrogens with zero attached hydrogens (tertiary/aromatic N) is 2. The summed E-state index contributed by atoms with van der Waals surface area (Å²) in [6, 6.07) is 9.54. The van der Waals surface area contributed by atoms with Gasteiger partial charge in [0.2, 0.25) is 11.8 Å². The monoisotopic (exact) mass is 478 g/mol. The SMILES string of the molecule is CC(C)C(=O)NCCNC(=O)c1nc2ccccc2nc1OCc1ccc(OP(=O)(O)O)o1. The summed E-state index contributed by atoms with van der Waals surface area (Å²) in [6.45, 7) is 3.74. The number of rotatable bonds is 10. The first kappa shape index (κ1) is 24.2. The maximum absolute atomic E-state index is 12.7. The highest BCUT2D eigenvalue weighted by Crippen LogP contribution is 2.38. The van der Waals surface area contributed by atoms with Crippen molar-refractivity contribution in [1.82, 2.24) is 20.6 Å². The van der Waals surface area contributed by atoms with E-state index in [1.165, 1.54) is 12.1 Å². The molecular weight excluding hydrogens is 455 g/mol. The third-order valence-corrected chi connectivity index (χ3v) is 4.60. The lowest BCUT2D eigenvalue weighted by Gasteiger charge is -2.12. The third kappa shape index (κ3) is 7.01. The molecule has 0 aliphatic rings. The number of amides is 2. The Balaban J connectivity index is 1.72. The van der Waals surface area contributed by atoms with Gasteiger partial charge in [-0.2, -0.15) is 0 Å². The molecule has 13 heteroatoms. The Morgan fingerprint density at radius 3 is 2.39 bits per heavy atom. The molecule has 0 fully saturated rings. The molecular formula is C20H23N4O8P. The molecule has 0 radical (unpaired) electrons. The lowest BCUT2D eigenvalue weighted by Crippen LogP contribution is -2.36. The Hall–Kier alpha value is -3.47.